The van der Waals surface area contributed by atoms with Crippen LogP contribution in [0.15, 0.2) is 36.8 Å². The van der Waals surface area contributed by atoms with Crippen LogP contribution in [0.1, 0.15) is 48.3 Å². The lowest BCUT2D eigenvalue weighted by atomic mass is 9.76. The zero-order valence-electron chi connectivity index (χ0n) is 18.9. The molecule has 5 rings (SSSR count). The molecule has 3 aromatic rings. The van der Waals surface area contributed by atoms with Gasteiger partial charge in [0.25, 0.3) is 0 Å². The van der Waals surface area contributed by atoms with Crippen molar-refractivity contribution < 1.29 is 4.74 Å². The Bertz CT molecular complexity index is 1140. The quantitative estimate of drug-likeness (QED) is 0.586. The van der Waals surface area contributed by atoms with E-state index in [0.717, 1.165) is 48.8 Å². The molecule has 0 spiro atoms. The zero-order valence-corrected chi connectivity index (χ0v) is 18.9. The molecule has 1 aliphatic heterocycles. The summed E-state index contributed by atoms with van der Waals surface area (Å²) in [6, 6.07) is 8.69. The standard InChI is InChI=1S/C26H30N4O/c1-17-11-20(14-27-18(17)2)19-5-6-24-21(12-19)15-30(9-10-31-24)25-22-13-26(3,4)8-7-23(22)28-16-29-25/h5-6,11-12,14,16H,7-10,13,15H2,1-4H3. The van der Waals surface area contributed by atoms with Gasteiger partial charge in [-0.15, -0.1) is 0 Å². The van der Waals surface area contributed by atoms with Crippen LogP contribution in [-0.4, -0.2) is 28.1 Å². The number of ether oxygens (including phenoxy) is 1. The molecular formula is C26H30N4O. The van der Waals surface area contributed by atoms with Gasteiger partial charge in [0.2, 0.25) is 0 Å². The first kappa shape index (κ1) is 20.0. The molecule has 0 radical (unpaired) electrons. The average molecular weight is 415 g/mol. The SMILES string of the molecule is Cc1cc(-c2ccc3c(c2)CN(c2ncnc4c2CC(C)(C)CC4)CCO3)cnc1C. The van der Waals surface area contributed by atoms with Crippen LogP contribution in [0.2, 0.25) is 0 Å². The van der Waals surface area contributed by atoms with Crippen molar-refractivity contribution in [1.29, 1.82) is 0 Å². The Kier molecular flexibility index (Phi) is 4.92. The number of hydrogen-bond donors (Lipinski definition) is 0. The summed E-state index contributed by atoms with van der Waals surface area (Å²) in [5.41, 5.74) is 8.60. The Morgan fingerprint density at radius 3 is 2.74 bits per heavy atom. The summed E-state index contributed by atoms with van der Waals surface area (Å²) in [5.74, 6) is 2.04. The third-order valence-electron chi connectivity index (χ3n) is 6.72. The highest BCUT2D eigenvalue weighted by molar-refractivity contribution is 5.66. The molecule has 0 fully saturated rings. The van der Waals surface area contributed by atoms with Crippen molar-refractivity contribution in [3.05, 3.63) is 64.9 Å². The van der Waals surface area contributed by atoms with Crippen molar-refractivity contribution in [2.24, 2.45) is 5.41 Å². The number of benzene rings is 1. The fraction of sp³-hybridized carbons (Fsp3) is 0.423. The third kappa shape index (κ3) is 3.89. The predicted octanol–water partition coefficient (Wildman–Crippen LogP) is 5.07. The van der Waals surface area contributed by atoms with E-state index in [-0.39, 0.29) is 5.41 Å². The van der Waals surface area contributed by atoms with Gasteiger partial charge < -0.3 is 9.64 Å². The van der Waals surface area contributed by atoms with Crippen LogP contribution in [-0.2, 0) is 19.4 Å². The molecule has 31 heavy (non-hydrogen) atoms. The van der Waals surface area contributed by atoms with E-state index in [1.165, 1.54) is 34.4 Å². The highest BCUT2D eigenvalue weighted by Gasteiger charge is 2.30. The normalized spacial score (nSPS) is 17.4. The lowest BCUT2D eigenvalue weighted by Gasteiger charge is -2.33. The molecule has 2 aromatic heterocycles. The first-order chi connectivity index (χ1) is 14.9. The summed E-state index contributed by atoms with van der Waals surface area (Å²) in [7, 11) is 0. The number of aryl methyl sites for hydroxylation is 3. The molecule has 0 saturated heterocycles. The molecule has 0 atom stereocenters. The number of aromatic nitrogens is 3. The topological polar surface area (TPSA) is 51.1 Å². The molecule has 1 aromatic carbocycles. The summed E-state index contributed by atoms with van der Waals surface area (Å²) in [6.45, 7) is 11.1. The summed E-state index contributed by atoms with van der Waals surface area (Å²) in [5, 5.41) is 0. The maximum absolute atomic E-state index is 6.12. The molecule has 1 aliphatic carbocycles. The van der Waals surface area contributed by atoms with Gasteiger partial charge in [-0.1, -0.05) is 19.9 Å². The van der Waals surface area contributed by atoms with E-state index >= 15 is 0 Å². The van der Waals surface area contributed by atoms with E-state index in [4.69, 9.17) is 9.72 Å². The van der Waals surface area contributed by atoms with Crippen molar-refractivity contribution >= 4 is 5.82 Å². The van der Waals surface area contributed by atoms with E-state index in [2.05, 4.69) is 59.9 Å². The van der Waals surface area contributed by atoms with Crippen LogP contribution in [0.5, 0.6) is 5.75 Å². The van der Waals surface area contributed by atoms with Gasteiger partial charge in [0.1, 0.15) is 24.5 Å². The fourth-order valence-corrected chi connectivity index (χ4v) is 4.69. The minimum Gasteiger partial charge on any atom is -0.491 e. The minimum atomic E-state index is 0.288. The van der Waals surface area contributed by atoms with E-state index in [1.807, 2.05) is 13.1 Å². The van der Waals surface area contributed by atoms with E-state index in [9.17, 15) is 0 Å². The Balaban J connectivity index is 1.50. The Morgan fingerprint density at radius 1 is 1.03 bits per heavy atom. The van der Waals surface area contributed by atoms with Crippen molar-refractivity contribution in [3.63, 3.8) is 0 Å². The van der Waals surface area contributed by atoms with Gasteiger partial charge in [-0.25, -0.2) is 9.97 Å². The van der Waals surface area contributed by atoms with Crippen LogP contribution >= 0.6 is 0 Å². The summed E-state index contributed by atoms with van der Waals surface area (Å²) in [4.78, 5) is 16.3. The second-order valence-electron chi connectivity index (χ2n) is 9.68. The number of pyridine rings is 1. The molecule has 0 unspecified atom stereocenters. The van der Waals surface area contributed by atoms with Gasteiger partial charge >= 0.3 is 0 Å². The highest BCUT2D eigenvalue weighted by Crippen LogP contribution is 2.38. The van der Waals surface area contributed by atoms with Gasteiger partial charge in [-0.3, -0.25) is 4.98 Å². The van der Waals surface area contributed by atoms with E-state index in [0.29, 0.717) is 6.61 Å². The Morgan fingerprint density at radius 2 is 1.90 bits per heavy atom. The number of hydrogen-bond acceptors (Lipinski definition) is 5. The maximum Gasteiger partial charge on any atom is 0.135 e. The van der Waals surface area contributed by atoms with Crippen LogP contribution in [0.3, 0.4) is 0 Å². The first-order valence-corrected chi connectivity index (χ1v) is 11.2. The number of nitrogens with zero attached hydrogens (tertiary/aromatic N) is 4. The molecule has 0 bridgehead atoms. The number of anilines is 1. The zero-order chi connectivity index (χ0) is 21.6. The van der Waals surface area contributed by atoms with Crippen molar-refractivity contribution in [2.45, 2.75) is 53.5 Å². The molecule has 2 aliphatic rings. The van der Waals surface area contributed by atoms with Crippen molar-refractivity contribution in [2.75, 3.05) is 18.1 Å². The van der Waals surface area contributed by atoms with Gasteiger partial charge in [-0.05, 0) is 67.9 Å². The third-order valence-corrected chi connectivity index (χ3v) is 6.72. The molecule has 0 saturated carbocycles. The van der Waals surface area contributed by atoms with Crippen LogP contribution in [0.4, 0.5) is 5.82 Å². The van der Waals surface area contributed by atoms with Crippen LogP contribution in [0.25, 0.3) is 11.1 Å². The number of rotatable bonds is 2. The molecule has 5 nitrogen and oxygen atoms in total. The molecule has 0 N–H and O–H groups in total. The monoisotopic (exact) mass is 414 g/mol. The van der Waals surface area contributed by atoms with Crippen molar-refractivity contribution in [1.82, 2.24) is 15.0 Å². The van der Waals surface area contributed by atoms with Gasteiger partial charge in [0, 0.05) is 40.8 Å². The minimum absolute atomic E-state index is 0.288. The number of fused-ring (bicyclic) bond motifs is 2. The molecule has 0 amide bonds. The van der Waals surface area contributed by atoms with Gasteiger partial charge in [0.15, 0.2) is 0 Å². The van der Waals surface area contributed by atoms with E-state index < -0.39 is 0 Å². The molecule has 160 valence electrons. The lowest BCUT2D eigenvalue weighted by molar-refractivity contribution is 0.310. The lowest BCUT2D eigenvalue weighted by Crippen LogP contribution is -2.31. The average Bonchev–Trinajstić information content (AvgIpc) is 2.96. The van der Waals surface area contributed by atoms with Crippen molar-refractivity contribution in [3.8, 4) is 16.9 Å². The van der Waals surface area contributed by atoms with Crippen LogP contribution < -0.4 is 9.64 Å². The molecule has 3 heterocycles. The largest absolute Gasteiger partial charge is 0.491 e. The van der Waals surface area contributed by atoms with Gasteiger partial charge in [-0.2, -0.15) is 0 Å². The Hall–Kier alpha value is -2.95. The summed E-state index contributed by atoms with van der Waals surface area (Å²) in [6.07, 6.45) is 6.92. The summed E-state index contributed by atoms with van der Waals surface area (Å²) >= 11 is 0. The second-order valence-corrected chi connectivity index (χ2v) is 9.68. The van der Waals surface area contributed by atoms with Crippen LogP contribution in [0, 0.1) is 19.3 Å². The fourth-order valence-electron chi connectivity index (χ4n) is 4.69. The predicted molar refractivity (Wildman–Crippen MR) is 124 cm³/mol. The first-order valence-electron chi connectivity index (χ1n) is 11.2. The molecular weight excluding hydrogens is 384 g/mol. The van der Waals surface area contributed by atoms with Gasteiger partial charge in [0.05, 0.1) is 6.54 Å². The highest BCUT2D eigenvalue weighted by atomic mass is 16.5. The smallest absolute Gasteiger partial charge is 0.135 e. The van der Waals surface area contributed by atoms with E-state index in [1.54, 1.807) is 6.33 Å². The Labute approximate surface area is 184 Å². The second kappa shape index (κ2) is 7.63. The summed E-state index contributed by atoms with van der Waals surface area (Å²) < 4.78 is 6.12. The molecule has 5 heteroatoms. The maximum atomic E-state index is 6.12.